The Hall–Kier alpha value is -2.88. The summed E-state index contributed by atoms with van der Waals surface area (Å²) in [6, 6.07) is 22.3. The number of allylic oxidation sites excluding steroid dienone is 2. The number of aromatic nitrogens is 2. The fraction of sp³-hybridized carbons (Fsp3) is 0.447. The van der Waals surface area contributed by atoms with Gasteiger partial charge >= 0.3 is 0 Å². The van der Waals surface area contributed by atoms with E-state index < -0.39 is 0 Å². The Morgan fingerprint density at radius 2 is 1.51 bits per heavy atom. The summed E-state index contributed by atoms with van der Waals surface area (Å²) >= 11 is 0. The number of hydrogen-bond acceptors (Lipinski definition) is 4. The Morgan fingerprint density at radius 1 is 0.860 bits per heavy atom. The SMILES string of the molecule is C.CC(C)(C)c1ccc2c(-c3[c-]ccc4ccccc34)ncnc2c1.O=C(C=C(O)C1CCCCC1)C1CCCCC1.[Ir]. The third-order valence-electron chi connectivity index (χ3n) is 8.78. The van der Waals surface area contributed by atoms with Crippen LogP contribution in [0, 0.1) is 17.9 Å². The molecule has 1 aromatic heterocycles. The van der Waals surface area contributed by atoms with Gasteiger partial charge in [0.05, 0.1) is 11.3 Å². The molecule has 2 fully saturated rings. The van der Waals surface area contributed by atoms with Crippen molar-refractivity contribution in [3.8, 4) is 11.3 Å². The number of ketones is 1. The van der Waals surface area contributed by atoms with Crippen LogP contribution in [0.25, 0.3) is 32.9 Å². The van der Waals surface area contributed by atoms with Crippen LogP contribution in [0.2, 0.25) is 0 Å². The molecule has 5 heteroatoms. The molecule has 2 saturated carbocycles. The van der Waals surface area contributed by atoms with Crippen LogP contribution in [0.5, 0.6) is 0 Å². The molecule has 3 aromatic carbocycles. The van der Waals surface area contributed by atoms with E-state index in [0.29, 0.717) is 5.76 Å². The van der Waals surface area contributed by atoms with E-state index in [-0.39, 0.29) is 50.6 Å². The molecule has 0 spiro atoms. The number of carbonyl (C=O) groups is 1. The van der Waals surface area contributed by atoms with E-state index in [9.17, 15) is 9.90 Å². The normalized spacial score (nSPS) is 16.5. The molecular formula is C38H47IrN2O2-. The van der Waals surface area contributed by atoms with Gasteiger partial charge < -0.3 is 5.11 Å². The number of nitrogens with zero attached hydrogens (tertiary/aromatic N) is 2. The second-order valence-electron chi connectivity index (χ2n) is 12.8. The van der Waals surface area contributed by atoms with Crippen molar-refractivity contribution in [3.05, 3.63) is 84.4 Å². The number of carbonyl (C=O) groups excluding carboxylic acids is 1. The van der Waals surface area contributed by atoms with Gasteiger partial charge in [-0.25, -0.2) is 4.98 Å². The molecule has 0 saturated heterocycles. The first-order valence-corrected chi connectivity index (χ1v) is 15.4. The molecule has 4 nitrogen and oxygen atoms in total. The predicted molar refractivity (Wildman–Crippen MR) is 176 cm³/mol. The molecule has 1 radical (unpaired) electrons. The quantitative estimate of drug-likeness (QED) is 0.128. The van der Waals surface area contributed by atoms with Gasteiger partial charge in [0.2, 0.25) is 0 Å². The fourth-order valence-electron chi connectivity index (χ4n) is 6.25. The molecule has 2 aliphatic carbocycles. The van der Waals surface area contributed by atoms with Crippen molar-refractivity contribution >= 4 is 27.5 Å². The molecule has 0 unspecified atom stereocenters. The number of aliphatic hydroxyl groups is 1. The first-order chi connectivity index (χ1) is 19.8. The molecule has 43 heavy (non-hydrogen) atoms. The van der Waals surface area contributed by atoms with E-state index in [2.05, 4.69) is 85.3 Å². The van der Waals surface area contributed by atoms with E-state index >= 15 is 0 Å². The van der Waals surface area contributed by atoms with Gasteiger partial charge in [0.1, 0.15) is 6.33 Å². The second kappa shape index (κ2) is 15.7. The van der Waals surface area contributed by atoms with Crippen LogP contribution in [-0.4, -0.2) is 20.9 Å². The molecule has 0 atom stereocenters. The van der Waals surface area contributed by atoms with Crippen molar-refractivity contribution < 1.29 is 30.0 Å². The van der Waals surface area contributed by atoms with Gasteiger partial charge in [-0.2, -0.15) is 0 Å². The van der Waals surface area contributed by atoms with Gasteiger partial charge in [-0.15, -0.1) is 29.1 Å². The van der Waals surface area contributed by atoms with Gasteiger partial charge in [0, 0.05) is 38.0 Å². The van der Waals surface area contributed by atoms with Crippen molar-refractivity contribution in [3.63, 3.8) is 0 Å². The van der Waals surface area contributed by atoms with Crippen molar-refractivity contribution in [1.82, 2.24) is 9.97 Å². The second-order valence-corrected chi connectivity index (χ2v) is 12.8. The zero-order valence-corrected chi connectivity index (χ0v) is 27.6. The zero-order valence-electron chi connectivity index (χ0n) is 25.2. The van der Waals surface area contributed by atoms with Crippen molar-refractivity contribution in [2.24, 2.45) is 11.8 Å². The first kappa shape index (κ1) is 34.6. The minimum absolute atomic E-state index is 0. The zero-order chi connectivity index (χ0) is 28.8. The topological polar surface area (TPSA) is 63.1 Å². The first-order valence-electron chi connectivity index (χ1n) is 15.4. The van der Waals surface area contributed by atoms with Gasteiger partial charge in [-0.1, -0.05) is 109 Å². The summed E-state index contributed by atoms with van der Waals surface area (Å²) in [5.41, 5.74) is 4.33. The maximum Gasteiger partial charge on any atom is 0.162 e. The van der Waals surface area contributed by atoms with E-state index in [1.165, 1.54) is 54.9 Å². The van der Waals surface area contributed by atoms with Crippen LogP contribution in [0.4, 0.5) is 0 Å². The standard InChI is InChI=1S/C22H19N2.C15H24O2.CH4.Ir/c1-22(2,3)16-11-12-19-20(13-16)23-14-24-21(19)18-10-6-8-15-7-4-5-9-17(15)18;16-14(12-7-3-1-4-8-12)11-15(17)13-9-5-2-6-10-13;;/h4-9,11-14H,1-3H3;11-13,16H,1-10H2;1H4;/q-1;;;. The maximum absolute atomic E-state index is 12.0. The Kier molecular flexibility index (Phi) is 12.7. The summed E-state index contributed by atoms with van der Waals surface area (Å²) < 4.78 is 0. The van der Waals surface area contributed by atoms with Crippen molar-refractivity contribution in [2.45, 2.75) is 97.8 Å². The Labute approximate surface area is 271 Å². The minimum Gasteiger partial charge on any atom is -0.512 e. The molecule has 0 aliphatic heterocycles. The van der Waals surface area contributed by atoms with Gasteiger partial charge in [0.15, 0.2) is 5.78 Å². The molecule has 231 valence electrons. The molecule has 4 aromatic rings. The third kappa shape index (κ3) is 8.61. The number of aliphatic hydroxyl groups excluding tert-OH is 1. The van der Waals surface area contributed by atoms with Crippen LogP contribution in [0.1, 0.15) is 98.0 Å². The third-order valence-corrected chi connectivity index (χ3v) is 8.78. The van der Waals surface area contributed by atoms with Crippen LogP contribution < -0.4 is 0 Å². The van der Waals surface area contributed by atoms with Crippen molar-refractivity contribution in [1.29, 1.82) is 0 Å². The summed E-state index contributed by atoms with van der Waals surface area (Å²) in [4.78, 5) is 21.1. The molecule has 6 rings (SSSR count). The summed E-state index contributed by atoms with van der Waals surface area (Å²) in [5, 5.41) is 13.4. The van der Waals surface area contributed by atoms with E-state index in [4.69, 9.17) is 0 Å². The van der Waals surface area contributed by atoms with E-state index in [1.807, 2.05) is 6.07 Å². The molecule has 0 amide bonds. The molecule has 1 N–H and O–H groups in total. The minimum atomic E-state index is 0. The number of hydrogen-bond donors (Lipinski definition) is 1. The van der Waals surface area contributed by atoms with Crippen LogP contribution in [0.3, 0.4) is 0 Å². The predicted octanol–water partition coefficient (Wildman–Crippen LogP) is 10.3. The summed E-state index contributed by atoms with van der Waals surface area (Å²) in [5.74, 6) is 0.985. The number of rotatable bonds is 4. The Balaban J connectivity index is 0.000000238. The van der Waals surface area contributed by atoms with E-state index in [1.54, 1.807) is 12.4 Å². The van der Waals surface area contributed by atoms with Gasteiger partial charge in [-0.05, 0) is 53.8 Å². The summed E-state index contributed by atoms with van der Waals surface area (Å²) in [6.07, 6.45) is 14.6. The average Bonchev–Trinajstić information content (AvgIpc) is 3.01. The monoisotopic (exact) mass is 756 g/mol. The summed E-state index contributed by atoms with van der Waals surface area (Å²) in [7, 11) is 0. The van der Waals surface area contributed by atoms with Crippen LogP contribution in [0.15, 0.2) is 72.8 Å². The maximum atomic E-state index is 12.0. The van der Waals surface area contributed by atoms with Gasteiger partial charge in [-0.3, -0.25) is 9.78 Å². The number of benzene rings is 3. The smallest absolute Gasteiger partial charge is 0.162 e. The average molecular weight is 756 g/mol. The fourth-order valence-corrected chi connectivity index (χ4v) is 6.25. The Morgan fingerprint density at radius 3 is 2.19 bits per heavy atom. The van der Waals surface area contributed by atoms with Crippen molar-refractivity contribution in [2.75, 3.05) is 0 Å². The largest absolute Gasteiger partial charge is 0.512 e. The number of fused-ring (bicyclic) bond motifs is 2. The molecule has 0 bridgehead atoms. The molecule has 1 heterocycles. The molecule has 2 aliphatic rings. The Bertz CT molecular complexity index is 1520. The van der Waals surface area contributed by atoms with Gasteiger partial charge in [0.25, 0.3) is 0 Å². The molecular weight excluding hydrogens is 709 g/mol. The summed E-state index contributed by atoms with van der Waals surface area (Å²) in [6.45, 7) is 6.65. The van der Waals surface area contributed by atoms with Crippen LogP contribution in [-0.2, 0) is 30.3 Å². The van der Waals surface area contributed by atoms with Crippen LogP contribution >= 0.6 is 0 Å². The van der Waals surface area contributed by atoms with E-state index in [0.717, 1.165) is 47.8 Å².